The molecule has 2 aromatic heterocycles. The number of methoxy groups -OCH3 is 1. The van der Waals surface area contributed by atoms with Crippen molar-refractivity contribution in [2.45, 2.75) is 33.9 Å². The fourth-order valence-electron chi connectivity index (χ4n) is 3.15. The molecule has 0 saturated heterocycles. The number of nitrogens with one attached hydrogen (secondary N) is 1. The van der Waals surface area contributed by atoms with Crippen LogP contribution in [0.2, 0.25) is 5.15 Å². The van der Waals surface area contributed by atoms with Gasteiger partial charge in [0.25, 0.3) is 11.7 Å². The van der Waals surface area contributed by atoms with Crippen molar-refractivity contribution in [1.82, 2.24) is 19.9 Å². The number of esters is 1. The molecule has 0 spiro atoms. The van der Waals surface area contributed by atoms with Gasteiger partial charge < -0.3 is 21.5 Å². The second-order valence-corrected chi connectivity index (χ2v) is 6.59. The van der Waals surface area contributed by atoms with Crippen molar-refractivity contribution in [3.63, 3.8) is 0 Å². The van der Waals surface area contributed by atoms with Gasteiger partial charge in [-0.3, -0.25) is 4.79 Å². The molecule has 0 atom stereocenters. The highest BCUT2D eigenvalue weighted by molar-refractivity contribution is 6.31. The molecule has 0 bridgehead atoms. The SMILES string of the molecule is CC.CCn1c(CNC(=O)c2nc(Cl)c(N)nc2N)[n+](C)c2ccc(C(=O)OC)cc21. The average Bonchev–Trinajstić information content (AvgIpc) is 3.05. The summed E-state index contributed by atoms with van der Waals surface area (Å²) in [4.78, 5) is 32.1. The van der Waals surface area contributed by atoms with Gasteiger partial charge >= 0.3 is 5.97 Å². The van der Waals surface area contributed by atoms with Crippen molar-refractivity contribution in [1.29, 1.82) is 0 Å². The number of anilines is 2. The quantitative estimate of drug-likeness (QED) is 0.399. The number of amides is 1. The van der Waals surface area contributed by atoms with E-state index < -0.39 is 11.9 Å². The Hall–Kier alpha value is -3.40. The van der Waals surface area contributed by atoms with Crippen molar-refractivity contribution in [3.05, 3.63) is 40.4 Å². The lowest BCUT2D eigenvalue weighted by atomic mass is 10.2. The van der Waals surface area contributed by atoms with Gasteiger partial charge in [0.2, 0.25) is 0 Å². The number of rotatable bonds is 5. The highest BCUT2D eigenvalue weighted by Crippen LogP contribution is 2.19. The standard InChI is InChI=1S/C18H20ClN7O3.C2H6/c1-4-26-11-7-9(18(28)29-3)5-6-10(11)25(2)12(26)8-22-17(27)13-15(20)24-16(21)14(19)23-13;1-2/h5-7H,4,8H2,1-3H3,(H4-,20,21,22,24,27);1-2H3/p+1. The molecule has 0 radical (unpaired) electrons. The molecule has 0 saturated carbocycles. The molecule has 0 aliphatic heterocycles. The number of fused-ring (bicyclic) bond motifs is 1. The summed E-state index contributed by atoms with van der Waals surface area (Å²) in [5.74, 6) is -0.277. The lowest BCUT2D eigenvalue weighted by Crippen LogP contribution is -2.38. The molecule has 166 valence electrons. The molecule has 3 aromatic rings. The van der Waals surface area contributed by atoms with E-state index in [1.165, 1.54) is 7.11 Å². The van der Waals surface area contributed by atoms with E-state index in [2.05, 4.69) is 15.3 Å². The molecule has 0 unspecified atom stereocenters. The van der Waals surface area contributed by atoms with E-state index in [0.29, 0.717) is 12.1 Å². The number of hydrogen-bond acceptors (Lipinski definition) is 7. The van der Waals surface area contributed by atoms with Gasteiger partial charge in [0, 0.05) is 6.07 Å². The zero-order valence-electron chi connectivity index (χ0n) is 18.2. The minimum atomic E-state index is -0.528. The van der Waals surface area contributed by atoms with Gasteiger partial charge in [0.1, 0.15) is 6.54 Å². The smallest absolute Gasteiger partial charge is 0.338 e. The minimum absolute atomic E-state index is 0.0420. The fraction of sp³-hybridized carbons (Fsp3) is 0.350. The monoisotopic (exact) mass is 448 g/mol. The third-order valence-electron chi connectivity index (χ3n) is 4.59. The van der Waals surface area contributed by atoms with Gasteiger partial charge in [-0.15, -0.1) is 0 Å². The first-order valence-electron chi connectivity index (χ1n) is 9.74. The lowest BCUT2D eigenvalue weighted by molar-refractivity contribution is -0.654. The van der Waals surface area contributed by atoms with Crippen LogP contribution < -0.4 is 21.4 Å². The van der Waals surface area contributed by atoms with Crippen molar-refractivity contribution >= 4 is 46.1 Å². The minimum Gasteiger partial charge on any atom is -0.465 e. The van der Waals surface area contributed by atoms with Crippen LogP contribution in [0.15, 0.2) is 18.2 Å². The zero-order valence-corrected chi connectivity index (χ0v) is 18.9. The fourth-order valence-corrected chi connectivity index (χ4v) is 3.27. The summed E-state index contributed by atoms with van der Waals surface area (Å²) in [6, 6.07) is 5.30. The van der Waals surface area contributed by atoms with Gasteiger partial charge in [0.05, 0.1) is 26.3 Å². The summed E-state index contributed by atoms with van der Waals surface area (Å²) < 4.78 is 8.73. The molecule has 2 heterocycles. The third-order valence-corrected chi connectivity index (χ3v) is 4.87. The number of nitrogen functional groups attached to an aromatic ring is 2. The molecule has 0 aliphatic rings. The van der Waals surface area contributed by atoms with E-state index in [4.69, 9.17) is 27.8 Å². The second-order valence-electron chi connectivity index (χ2n) is 6.23. The van der Waals surface area contributed by atoms with E-state index in [-0.39, 0.29) is 29.0 Å². The normalized spacial score (nSPS) is 10.4. The largest absolute Gasteiger partial charge is 0.465 e. The number of halogens is 1. The Labute approximate surface area is 185 Å². The Bertz CT molecular complexity index is 1130. The zero-order chi connectivity index (χ0) is 23.3. The van der Waals surface area contributed by atoms with Crippen LogP contribution in [0.1, 0.15) is 47.4 Å². The molecule has 1 amide bonds. The molecule has 11 heteroatoms. The molecule has 3 rings (SSSR count). The number of aromatic nitrogens is 4. The van der Waals surface area contributed by atoms with Crippen LogP contribution >= 0.6 is 11.6 Å². The molecular weight excluding hydrogens is 422 g/mol. The topological polar surface area (TPSA) is 142 Å². The van der Waals surface area contributed by atoms with Crippen LogP contribution in [0.25, 0.3) is 11.0 Å². The summed E-state index contributed by atoms with van der Waals surface area (Å²) in [6.07, 6.45) is 0. The van der Waals surface area contributed by atoms with E-state index in [1.54, 1.807) is 12.1 Å². The van der Waals surface area contributed by atoms with Gasteiger partial charge in [-0.25, -0.2) is 23.9 Å². The number of benzene rings is 1. The first kappa shape index (κ1) is 23.9. The van der Waals surface area contributed by atoms with Crippen LogP contribution in [0.5, 0.6) is 0 Å². The van der Waals surface area contributed by atoms with E-state index in [9.17, 15) is 9.59 Å². The van der Waals surface area contributed by atoms with Gasteiger partial charge in [-0.05, 0) is 19.1 Å². The molecule has 10 nitrogen and oxygen atoms in total. The second kappa shape index (κ2) is 10.1. The summed E-state index contributed by atoms with van der Waals surface area (Å²) >= 11 is 5.85. The number of imidazole rings is 1. The Kier molecular flexibility index (Phi) is 7.76. The first-order valence-corrected chi connectivity index (χ1v) is 10.1. The maximum atomic E-state index is 12.5. The Morgan fingerprint density at radius 2 is 1.90 bits per heavy atom. The Balaban J connectivity index is 0.00000166. The lowest BCUT2D eigenvalue weighted by Gasteiger charge is -2.07. The van der Waals surface area contributed by atoms with Crippen LogP contribution in [0.3, 0.4) is 0 Å². The molecule has 0 aliphatic carbocycles. The van der Waals surface area contributed by atoms with Crippen molar-refractivity contribution in [3.8, 4) is 0 Å². The van der Waals surface area contributed by atoms with Gasteiger partial charge in [-0.1, -0.05) is 25.4 Å². The van der Waals surface area contributed by atoms with E-state index in [1.807, 2.05) is 43.0 Å². The van der Waals surface area contributed by atoms with Crippen LogP contribution in [-0.4, -0.2) is 33.5 Å². The van der Waals surface area contributed by atoms with Crippen LogP contribution in [0.4, 0.5) is 11.6 Å². The van der Waals surface area contributed by atoms with Crippen molar-refractivity contribution in [2.75, 3.05) is 18.6 Å². The van der Waals surface area contributed by atoms with E-state index in [0.717, 1.165) is 16.9 Å². The van der Waals surface area contributed by atoms with Gasteiger partial charge in [-0.2, -0.15) is 0 Å². The molecule has 0 fully saturated rings. The number of nitrogens with two attached hydrogens (primary N) is 2. The van der Waals surface area contributed by atoms with Crippen LogP contribution in [-0.2, 0) is 24.9 Å². The maximum Gasteiger partial charge on any atom is 0.338 e. The first-order chi connectivity index (χ1) is 14.8. The average molecular weight is 449 g/mol. The van der Waals surface area contributed by atoms with Crippen molar-refractivity contribution in [2.24, 2.45) is 7.05 Å². The summed E-state index contributed by atoms with van der Waals surface area (Å²) in [5.41, 5.74) is 13.4. The van der Waals surface area contributed by atoms with Crippen LogP contribution in [0, 0.1) is 0 Å². The van der Waals surface area contributed by atoms with E-state index >= 15 is 0 Å². The number of hydrogen-bond donors (Lipinski definition) is 3. The number of aryl methyl sites for hydroxylation is 2. The number of carbonyl (C=O) groups excluding carboxylic acids is 2. The number of nitrogens with zero attached hydrogens (tertiary/aromatic N) is 4. The molecule has 31 heavy (non-hydrogen) atoms. The predicted octanol–water partition coefficient (Wildman–Crippen LogP) is 1.84. The highest BCUT2D eigenvalue weighted by Gasteiger charge is 2.24. The predicted molar refractivity (Wildman–Crippen MR) is 119 cm³/mol. The van der Waals surface area contributed by atoms with Gasteiger partial charge in [0.15, 0.2) is 33.5 Å². The molecule has 1 aromatic carbocycles. The number of carbonyl (C=O) groups is 2. The maximum absolute atomic E-state index is 12.5. The third kappa shape index (κ3) is 4.69. The number of ether oxygens (including phenoxy) is 1. The Morgan fingerprint density at radius 1 is 1.23 bits per heavy atom. The molecule has 5 N–H and O–H groups in total. The van der Waals surface area contributed by atoms with Crippen molar-refractivity contribution < 1.29 is 18.9 Å². The molecular formula is C20H27ClN7O3+. The Morgan fingerprint density at radius 3 is 2.52 bits per heavy atom. The summed E-state index contributed by atoms with van der Waals surface area (Å²) in [7, 11) is 3.21. The summed E-state index contributed by atoms with van der Waals surface area (Å²) in [5, 5.41) is 2.68. The summed E-state index contributed by atoms with van der Waals surface area (Å²) in [6.45, 7) is 6.79. The highest BCUT2D eigenvalue weighted by atomic mass is 35.5.